The molecule has 0 amide bonds. The first-order valence-corrected chi connectivity index (χ1v) is 16.6. The third-order valence-corrected chi connectivity index (χ3v) is 8.36. The number of rotatable bonds is 12. The minimum atomic E-state index is -2.63. The molecule has 1 saturated carbocycles. The van der Waals surface area contributed by atoms with Gasteiger partial charge >= 0.3 is 0 Å². The lowest BCUT2D eigenvalue weighted by Gasteiger charge is -2.16. The Bertz CT molecular complexity index is 1580. The SMILES string of the molecule is C/C=C(\C)C(C)(F)F.CCC(C)=C(C)c1c(F)cc(COc2nc(-c3c(OC)ncnc3C3CC3)ncc2OC)cc1OC.CCC(C)C. The molecule has 0 aliphatic heterocycles. The van der Waals surface area contributed by atoms with Crippen molar-refractivity contribution in [1.82, 2.24) is 19.9 Å². The Hall–Kier alpha value is -4.15. The number of hydrogen-bond acceptors (Lipinski definition) is 8. The normalized spacial score (nSPS) is 13.4. The van der Waals surface area contributed by atoms with E-state index in [2.05, 4.69) is 40.7 Å². The van der Waals surface area contributed by atoms with Crippen LogP contribution in [0.3, 0.4) is 0 Å². The Morgan fingerprint density at radius 1 is 0.959 bits per heavy atom. The third kappa shape index (κ3) is 11.7. The number of ether oxygens (including phenoxy) is 4. The van der Waals surface area contributed by atoms with Gasteiger partial charge in [-0.2, -0.15) is 4.98 Å². The second kappa shape index (κ2) is 19.1. The Morgan fingerprint density at radius 2 is 1.59 bits per heavy atom. The first-order valence-electron chi connectivity index (χ1n) is 16.6. The smallest absolute Gasteiger partial charge is 0.266 e. The lowest BCUT2D eigenvalue weighted by molar-refractivity contribution is 0.0633. The molecule has 0 radical (unpaired) electrons. The van der Waals surface area contributed by atoms with E-state index in [1.165, 1.54) is 52.2 Å². The number of hydrogen-bond donors (Lipinski definition) is 0. The summed E-state index contributed by atoms with van der Waals surface area (Å²) < 4.78 is 61.7. The molecule has 0 atom stereocenters. The zero-order valence-corrected chi connectivity index (χ0v) is 31.1. The van der Waals surface area contributed by atoms with Crippen molar-refractivity contribution in [3.05, 3.63) is 64.5 Å². The van der Waals surface area contributed by atoms with Gasteiger partial charge in [-0.15, -0.1) is 0 Å². The van der Waals surface area contributed by atoms with E-state index in [9.17, 15) is 8.78 Å². The van der Waals surface area contributed by atoms with Gasteiger partial charge in [-0.3, -0.25) is 0 Å². The maximum atomic E-state index is 15.2. The minimum Gasteiger partial charge on any atom is -0.496 e. The highest BCUT2D eigenvalue weighted by molar-refractivity contribution is 5.72. The fourth-order valence-electron chi connectivity index (χ4n) is 4.26. The van der Waals surface area contributed by atoms with Crippen LogP contribution in [-0.4, -0.2) is 47.2 Å². The van der Waals surface area contributed by atoms with Gasteiger partial charge in [-0.25, -0.2) is 28.1 Å². The zero-order chi connectivity index (χ0) is 36.9. The quantitative estimate of drug-likeness (QED) is 0.174. The van der Waals surface area contributed by atoms with E-state index >= 15 is 4.39 Å². The van der Waals surface area contributed by atoms with E-state index in [0.717, 1.165) is 48.9 Å². The lowest BCUT2D eigenvalue weighted by Crippen LogP contribution is -2.10. The van der Waals surface area contributed by atoms with Crippen LogP contribution in [0.2, 0.25) is 0 Å². The summed E-state index contributed by atoms with van der Waals surface area (Å²) in [6.07, 6.45) is 8.66. The van der Waals surface area contributed by atoms with Gasteiger partial charge in [-0.1, -0.05) is 45.8 Å². The molecule has 0 saturated heterocycles. The number of halogens is 3. The number of benzene rings is 1. The molecule has 1 aliphatic rings. The molecule has 49 heavy (non-hydrogen) atoms. The molecular formula is C38H53F3N4O4. The van der Waals surface area contributed by atoms with Crippen molar-refractivity contribution >= 4 is 5.57 Å². The number of alkyl halides is 2. The summed E-state index contributed by atoms with van der Waals surface area (Å²) in [6, 6.07) is 3.23. The van der Waals surface area contributed by atoms with Gasteiger partial charge in [0.05, 0.1) is 38.8 Å². The number of nitrogens with zero attached hydrogens (tertiary/aromatic N) is 4. The van der Waals surface area contributed by atoms with Crippen molar-refractivity contribution in [3.8, 4) is 34.6 Å². The molecular weight excluding hydrogens is 633 g/mol. The molecule has 2 aromatic heterocycles. The van der Waals surface area contributed by atoms with E-state index in [-0.39, 0.29) is 23.9 Å². The fourth-order valence-corrected chi connectivity index (χ4v) is 4.26. The van der Waals surface area contributed by atoms with Gasteiger partial charge in [0.15, 0.2) is 11.6 Å². The lowest BCUT2D eigenvalue weighted by atomic mass is 9.98. The highest BCUT2D eigenvalue weighted by Crippen LogP contribution is 2.45. The summed E-state index contributed by atoms with van der Waals surface area (Å²) >= 11 is 0. The Kier molecular flexibility index (Phi) is 16.0. The monoisotopic (exact) mass is 686 g/mol. The van der Waals surface area contributed by atoms with Crippen molar-refractivity contribution in [2.45, 2.75) is 106 Å². The minimum absolute atomic E-state index is 0.0494. The van der Waals surface area contributed by atoms with Crippen LogP contribution in [0.25, 0.3) is 17.0 Å². The number of allylic oxidation sites excluding steroid dienone is 4. The van der Waals surface area contributed by atoms with Crippen LogP contribution < -0.4 is 18.9 Å². The van der Waals surface area contributed by atoms with Gasteiger partial charge in [0.1, 0.15) is 30.1 Å². The maximum absolute atomic E-state index is 15.2. The summed E-state index contributed by atoms with van der Waals surface area (Å²) in [5.41, 5.74) is 4.64. The second-order valence-electron chi connectivity index (χ2n) is 12.3. The van der Waals surface area contributed by atoms with Crippen LogP contribution >= 0.6 is 0 Å². The van der Waals surface area contributed by atoms with Crippen molar-refractivity contribution in [1.29, 1.82) is 0 Å². The van der Waals surface area contributed by atoms with Crippen LogP contribution in [0, 0.1) is 11.7 Å². The third-order valence-electron chi connectivity index (χ3n) is 8.36. The van der Waals surface area contributed by atoms with Gasteiger partial charge in [-0.05, 0) is 81.7 Å². The predicted molar refractivity (Wildman–Crippen MR) is 189 cm³/mol. The van der Waals surface area contributed by atoms with Crippen molar-refractivity contribution in [2.75, 3.05) is 21.3 Å². The van der Waals surface area contributed by atoms with E-state index in [0.29, 0.717) is 45.8 Å². The molecule has 2 heterocycles. The molecule has 8 nitrogen and oxygen atoms in total. The number of methoxy groups -OCH3 is 3. The Morgan fingerprint density at radius 3 is 2.06 bits per heavy atom. The average Bonchev–Trinajstić information content (AvgIpc) is 3.94. The summed E-state index contributed by atoms with van der Waals surface area (Å²) in [5.74, 6) is 0.0131. The van der Waals surface area contributed by atoms with Crippen molar-refractivity contribution in [3.63, 3.8) is 0 Å². The first-order chi connectivity index (χ1) is 23.2. The van der Waals surface area contributed by atoms with Crippen LogP contribution in [0.5, 0.6) is 23.3 Å². The highest BCUT2D eigenvalue weighted by Gasteiger charge is 2.32. The first kappa shape index (κ1) is 41.0. The molecule has 0 spiro atoms. The zero-order valence-electron chi connectivity index (χ0n) is 31.1. The summed E-state index contributed by atoms with van der Waals surface area (Å²) in [6.45, 7) is 16.5. The summed E-state index contributed by atoms with van der Waals surface area (Å²) in [5, 5.41) is 0. The van der Waals surface area contributed by atoms with E-state index in [1.54, 1.807) is 20.1 Å². The highest BCUT2D eigenvalue weighted by atomic mass is 19.3. The van der Waals surface area contributed by atoms with E-state index < -0.39 is 5.92 Å². The van der Waals surface area contributed by atoms with Crippen LogP contribution in [0.1, 0.15) is 111 Å². The van der Waals surface area contributed by atoms with Crippen LogP contribution in [0.15, 0.2) is 41.9 Å². The molecule has 4 rings (SSSR count). The van der Waals surface area contributed by atoms with Gasteiger partial charge < -0.3 is 18.9 Å². The largest absolute Gasteiger partial charge is 0.496 e. The Balaban J connectivity index is 0.000000544. The maximum Gasteiger partial charge on any atom is 0.266 e. The van der Waals surface area contributed by atoms with Crippen LogP contribution in [0.4, 0.5) is 13.2 Å². The van der Waals surface area contributed by atoms with Crippen molar-refractivity contribution < 1.29 is 32.1 Å². The van der Waals surface area contributed by atoms with E-state index in [1.807, 2.05) is 20.8 Å². The van der Waals surface area contributed by atoms with Gasteiger partial charge in [0.25, 0.3) is 11.8 Å². The summed E-state index contributed by atoms with van der Waals surface area (Å²) in [7, 11) is 4.59. The topological polar surface area (TPSA) is 88.5 Å². The standard InChI is InChI=1S/C27H31FN4O4.C6H10F2.C5H12/c1-7-15(2)16(3)22-19(28)10-17(11-20(22)33-4)13-36-26-21(34-5)12-29-25(32-26)23-24(18-8-9-18)30-14-31-27(23)35-6;1-4-5(2)6(3,7)8;1-4-5(2)3/h10-12,14,18H,7-9,13H2,1-6H3;4H,1-3H3;5H,4H2,1-3H3/b;5-4+;. The molecule has 3 aromatic rings. The molecule has 1 aliphatic carbocycles. The molecule has 1 aromatic carbocycles. The van der Waals surface area contributed by atoms with Gasteiger partial charge in [0, 0.05) is 12.8 Å². The fraction of sp³-hybridized carbons (Fsp3) is 0.526. The molecule has 0 N–H and O–H groups in total. The summed E-state index contributed by atoms with van der Waals surface area (Å²) in [4.78, 5) is 17.7. The molecule has 0 bridgehead atoms. The Labute approximate surface area is 290 Å². The molecule has 0 unspecified atom stereocenters. The van der Waals surface area contributed by atoms with Gasteiger partial charge in [0.2, 0.25) is 5.88 Å². The molecule has 11 heteroatoms. The van der Waals surface area contributed by atoms with Crippen molar-refractivity contribution in [2.24, 2.45) is 5.92 Å². The molecule has 270 valence electrons. The predicted octanol–water partition coefficient (Wildman–Crippen LogP) is 10.4. The molecule has 1 fully saturated rings. The van der Waals surface area contributed by atoms with Crippen LogP contribution in [-0.2, 0) is 6.61 Å². The average molecular weight is 687 g/mol. The van der Waals surface area contributed by atoms with E-state index in [4.69, 9.17) is 18.9 Å². The second-order valence-corrected chi connectivity index (χ2v) is 12.3. The number of aromatic nitrogens is 4.